The maximum Gasteiger partial charge on any atom is 0.149 e. The number of aliphatic hydroxyl groups excluding tert-OH is 2. The molecule has 0 radical (unpaired) electrons. The molecule has 1 aliphatic rings. The largest absolute Gasteiger partial charge is 0.392 e. The van der Waals surface area contributed by atoms with Gasteiger partial charge in [-0.15, -0.1) is 0 Å². The van der Waals surface area contributed by atoms with Gasteiger partial charge >= 0.3 is 0 Å². The highest BCUT2D eigenvalue weighted by molar-refractivity contribution is 5.87. The van der Waals surface area contributed by atoms with E-state index in [2.05, 4.69) is 0 Å². The Kier molecular flexibility index (Phi) is 8.50. The summed E-state index contributed by atoms with van der Waals surface area (Å²) < 4.78 is 5.63. The number of ether oxygens (including phenoxy) is 1. The second kappa shape index (κ2) is 9.57. The van der Waals surface area contributed by atoms with E-state index in [-0.39, 0.29) is 30.0 Å². The number of epoxide rings is 1. The van der Waals surface area contributed by atoms with Gasteiger partial charge in [0, 0.05) is 12.3 Å². The first kappa shape index (κ1) is 24.9. The van der Waals surface area contributed by atoms with Crippen LogP contribution in [0.15, 0.2) is 0 Å². The molecular weight excluding hydrogens is 362 g/mol. The van der Waals surface area contributed by atoms with Crippen LogP contribution < -0.4 is 5.73 Å². The maximum atomic E-state index is 12.8. The number of hydrogen-bond acceptors (Lipinski definition) is 7. The predicted molar refractivity (Wildman–Crippen MR) is 106 cm³/mol. The highest BCUT2D eigenvalue weighted by Gasteiger charge is 2.55. The zero-order chi connectivity index (χ0) is 21.9. The summed E-state index contributed by atoms with van der Waals surface area (Å²) >= 11 is 0. The molecule has 0 aliphatic carbocycles. The van der Waals surface area contributed by atoms with E-state index in [1.165, 1.54) is 6.92 Å². The quantitative estimate of drug-likeness (QED) is 0.315. The number of carbonyl (C=O) groups is 3. The summed E-state index contributed by atoms with van der Waals surface area (Å²) in [5, 5.41) is 20.7. The van der Waals surface area contributed by atoms with Gasteiger partial charge in [0.1, 0.15) is 24.0 Å². The molecule has 4 N–H and O–H groups in total. The van der Waals surface area contributed by atoms with Gasteiger partial charge in [-0.3, -0.25) is 9.59 Å². The molecule has 0 bridgehead atoms. The Labute approximate surface area is 168 Å². The van der Waals surface area contributed by atoms with Crippen LogP contribution in [0.3, 0.4) is 0 Å². The molecule has 7 atom stereocenters. The summed E-state index contributed by atoms with van der Waals surface area (Å²) in [6, 6.07) is -0.606. The number of aldehydes is 1. The lowest BCUT2D eigenvalue weighted by Gasteiger charge is -2.34. The van der Waals surface area contributed by atoms with Crippen LogP contribution in [0.4, 0.5) is 0 Å². The fourth-order valence-corrected chi connectivity index (χ4v) is 3.85. The van der Waals surface area contributed by atoms with E-state index in [1.54, 1.807) is 20.8 Å². The van der Waals surface area contributed by atoms with Gasteiger partial charge in [0.25, 0.3) is 0 Å². The van der Waals surface area contributed by atoms with Crippen molar-refractivity contribution in [2.24, 2.45) is 23.0 Å². The average molecular weight is 400 g/mol. The van der Waals surface area contributed by atoms with Crippen LogP contribution in [0.2, 0.25) is 0 Å². The molecule has 7 unspecified atom stereocenters. The first-order valence-corrected chi connectivity index (χ1v) is 10.1. The number of aliphatic hydroxyl groups is 2. The minimum Gasteiger partial charge on any atom is -0.392 e. The second-order valence-corrected chi connectivity index (χ2v) is 9.14. The summed E-state index contributed by atoms with van der Waals surface area (Å²) in [5.74, 6) is -1.13. The van der Waals surface area contributed by atoms with Crippen molar-refractivity contribution < 1.29 is 29.3 Å². The molecule has 0 amide bonds. The summed E-state index contributed by atoms with van der Waals surface area (Å²) in [5.41, 5.74) is 4.33. The molecule has 1 aliphatic heterocycles. The Morgan fingerprint density at radius 3 is 2.36 bits per heavy atom. The normalized spacial score (nSPS) is 27.4. The van der Waals surface area contributed by atoms with Crippen molar-refractivity contribution in [1.82, 2.24) is 0 Å². The third-order valence-corrected chi connectivity index (χ3v) is 6.37. The van der Waals surface area contributed by atoms with Crippen molar-refractivity contribution in [3.63, 3.8) is 0 Å². The molecule has 0 spiro atoms. The van der Waals surface area contributed by atoms with Gasteiger partial charge in [0.05, 0.1) is 29.3 Å². The second-order valence-electron chi connectivity index (χ2n) is 9.14. The van der Waals surface area contributed by atoms with E-state index in [0.717, 1.165) is 12.8 Å². The highest BCUT2D eigenvalue weighted by Crippen LogP contribution is 2.42. The Balaban J connectivity index is 2.54. The Hall–Kier alpha value is -1.15. The third kappa shape index (κ3) is 5.69. The van der Waals surface area contributed by atoms with Crippen molar-refractivity contribution >= 4 is 17.9 Å². The van der Waals surface area contributed by atoms with Crippen molar-refractivity contribution in [1.29, 1.82) is 0 Å². The molecule has 0 aromatic rings. The molecule has 162 valence electrons. The van der Waals surface area contributed by atoms with E-state index in [4.69, 9.17) is 10.5 Å². The zero-order valence-corrected chi connectivity index (χ0v) is 18.0. The first-order chi connectivity index (χ1) is 12.8. The van der Waals surface area contributed by atoms with Gasteiger partial charge in [-0.1, -0.05) is 34.1 Å². The zero-order valence-electron chi connectivity index (χ0n) is 18.0. The standard InChI is InChI=1S/C21H37NO6/c1-12(8-7-10-21(6)19(28-21)16(22)14(3)24)17(26)13(2)18(27)20(4,5)15(25)9-11-23/h11-13,15-17,19,25-26H,7-10,22H2,1-6H3. The Morgan fingerprint density at radius 1 is 1.29 bits per heavy atom. The number of Topliss-reactive ketones (excluding diaryl/α,β-unsaturated/α-hetero) is 2. The van der Waals surface area contributed by atoms with Gasteiger partial charge in [-0.2, -0.15) is 0 Å². The van der Waals surface area contributed by atoms with Crippen LogP contribution in [-0.2, 0) is 19.1 Å². The number of ketones is 2. The molecule has 1 fully saturated rings. The lowest BCUT2D eigenvalue weighted by molar-refractivity contribution is -0.142. The minimum atomic E-state index is -1.10. The molecule has 28 heavy (non-hydrogen) atoms. The lowest BCUT2D eigenvalue weighted by atomic mass is 9.73. The van der Waals surface area contributed by atoms with E-state index in [0.29, 0.717) is 12.7 Å². The van der Waals surface area contributed by atoms with Gasteiger partial charge in [0.2, 0.25) is 0 Å². The molecule has 7 heteroatoms. The van der Waals surface area contributed by atoms with Gasteiger partial charge < -0.3 is 25.5 Å². The van der Waals surface area contributed by atoms with E-state index in [9.17, 15) is 24.6 Å². The Morgan fingerprint density at radius 2 is 1.86 bits per heavy atom. The van der Waals surface area contributed by atoms with Crippen molar-refractivity contribution in [2.75, 3.05) is 0 Å². The van der Waals surface area contributed by atoms with Gasteiger partial charge in [-0.25, -0.2) is 0 Å². The predicted octanol–water partition coefficient (Wildman–Crippen LogP) is 1.41. The Bertz CT molecular complexity index is 577. The topological polar surface area (TPSA) is 130 Å². The van der Waals surface area contributed by atoms with Crippen LogP contribution in [0.25, 0.3) is 0 Å². The smallest absolute Gasteiger partial charge is 0.149 e. The number of hydrogen-bond donors (Lipinski definition) is 3. The van der Waals surface area contributed by atoms with Crippen molar-refractivity contribution in [3.05, 3.63) is 0 Å². The monoisotopic (exact) mass is 399 g/mol. The molecule has 0 aromatic heterocycles. The molecule has 0 aromatic carbocycles. The molecule has 7 nitrogen and oxygen atoms in total. The summed E-state index contributed by atoms with van der Waals surface area (Å²) in [6.07, 6.45) is 0.488. The fourth-order valence-electron chi connectivity index (χ4n) is 3.85. The van der Waals surface area contributed by atoms with Crippen LogP contribution in [0.5, 0.6) is 0 Å². The van der Waals surface area contributed by atoms with Crippen LogP contribution in [0.1, 0.15) is 67.2 Å². The van der Waals surface area contributed by atoms with Crippen molar-refractivity contribution in [2.45, 2.75) is 97.2 Å². The number of nitrogens with two attached hydrogens (primary N) is 1. The lowest BCUT2D eigenvalue weighted by Crippen LogP contribution is -2.45. The molecular formula is C21H37NO6. The summed E-state index contributed by atoms with van der Waals surface area (Å²) in [7, 11) is 0. The van der Waals surface area contributed by atoms with E-state index >= 15 is 0 Å². The molecule has 1 rings (SSSR count). The first-order valence-electron chi connectivity index (χ1n) is 10.1. The van der Waals surface area contributed by atoms with Gasteiger partial charge in [0.15, 0.2) is 0 Å². The summed E-state index contributed by atoms with van der Waals surface area (Å²) in [4.78, 5) is 34.8. The number of rotatable bonds is 13. The molecule has 1 heterocycles. The SMILES string of the molecule is CC(=O)C(N)C1OC1(C)CCCC(C)C(O)C(C)C(=O)C(C)(C)C(O)CC=O. The summed E-state index contributed by atoms with van der Waals surface area (Å²) in [6.45, 7) is 10.1. The third-order valence-electron chi connectivity index (χ3n) is 6.37. The van der Waals surface area contributed by atoms with Crippen LogP contribution >= 0.6 is 0 Å². The van der Waals surface area contributed by atoms with Crippen LogP contribution in [-0.4, -0.2) is 58.0 Å². The van der Waals surface area contributed by atoms with Crippen LogP contribution in [0, 0.1) is 17.3 Å². The van der Waals surface area contributed by atoms with Crippen molar-refractivity contribution in [3.8, 4) is 0 Å². The average Bonchev–Trinajstić information content (AvgIpc) is 3.30. The number of carbonyl (C=O) groups excluding carboxylic acids is 3. The molecule has 0 saturated carbocycles. The van der Waals surface area contributed by atoms with E-state index in [1.807, 2.05) is 13.8 Å². The minimum absolute atomic E-state index is 0.0933. The fraction of sp³-hybridized carbons (Fsp3) is 0.857. The maximum absolute atomic E-state index is 12.8. The van der Waals surface area contributed by atoms with Gasteiger partial charge in [-0.05, 0) is 32.6 Å². The highest BCUT2D eigenvalue weighted by atomic mass is 16.6. The van der Waals surface area contributed by atoms with E-state index < -0.39 is 35.2 Å². The molecule has 1 saturated heterocycles.